The number of aryl methyl sites for hydroxylation is 1. The van der Waals surface area contributed by atoms with Crippen LogP contribution in [0.5, 0.6) is 0 Å². The molecule has 0 bridgehead atoms. The SMILES string of the molecule is CC(=O)N1C[C@H]2CN(C(=O)Cc3cccc(C)c3)C[C@@]2(C(=O)N2CCCC2)C1. The van der Waals surface area contributed by atoms with Crippen LogP contribution in [0.15, 0.2) is 24.3 Å². The molecule has 6 heteroatoms. The van der Waals surface area contributed by atoms with Crippen molar-refractivity contribution in [2.24, 2.45) is 11.3 Å². The molecule has 28 heavy (non-hydrogen) atoms. The van der Waals surface area contributed by atoms with Gasteiger partial charge in [-0.2, -0.15) is 0 Å². The van der Waals surface area contributed by atoms with Gasteiger partial charge in [0, 0.05) is 52.1 Å². The predicted molar refractivity (Wildman–Crippen MR) is 105 cm³/mol. The summed E-state index contributed by atoms with van der Waals surface area (Å²) < 4.78 is 0. The summed E-state index contributed by atoms with van der Waals surface area (Å²) in [6.07, 6.45) is 2.44. The first-order valence-corrected chi connectivity index (χ1v) is 10.3. The number of carbonyl (C=O) groups excluding carboxylic acids is 3. The van der Waals surface area contributed by atoms with E-state index in [2.05, 4.69) is 0 Å². The van der Waals surface area contributed by atoms with E-state index in [1.54, 1.807) is 11.8 Å². The molecule has 4 rings (SSSR count). The van der Waals surface area contributed by atoms with Gasteiger partial charge >= 0.3 is 0 Å². The van der Waals surface area contributed by atoms with E-state index in [-0.39, 0.29) is 23.6 Å². The second kappa shape index (κ2) is 7.22. The Hall–Kier alpha value is -2.37. The molecule has 1 aromatic rings. The fourth-order valence-electron chi connectivity index (χ4n) is 5.14. The first-order chi connectivity index (χ1) is 13.4. The van der Waals surface area contributed by atoms with Crippen LogP contribution >= 0.6 is 0 Å². The van der Waals surface area contributed by atoms with Crippen molar-refractivity contribution in [3.8, 4) is 0 Å². The highest BCUT2D eigenvalue weighted by atomic mass is 16.2. The third-order valence-corrected chi connectivity index (χ3v) is 6.66. The Bertz CT molecular complexity index is 802. The minimum absolute atomic E-state index is 0.0145. The summed E-state index contributed by atoms with van der Waals surface area (Å²) in [6.45, 7) is 7.19. The summed E-state index contributed by atoms with van der Waals surface area (Å²) in [5.74, 6) is 0.263. The first-order valence-electron chi connectivity index (χ1n) is 10.3. The molecule has 3 aliphatic rings. The molecule has 3 fully saturated rings. The lowest BCUT2D eigenvalue weighted by atomic mass is 9.79. The normalized spacial score (nSPS) is 26.6. The van der Waals surface area contributed by atoms with Gasteiger partial charge in [0.2, 0.25) is 17.7 Å². The van der Waals surface area contributed by atoms with Crippen LogP contribution in [0.3, 0.4) is 0 Å². The van der Waals surface area contributed by atoms with Gasteiger partial charge in [0.05, 0.1) is 11.8 Å². The van der Waals surface area contributed by atoms with Crippen LogP contribution in [0.2, 0.25) is 0 Å². The van der Waals surface area contributed by atoms with E-state index >= 15 is 0 Å². The molecule has 6 nitrogen and oxygen atoms in total. The largest absolute Gasteiger partial charge is 0.342 e. The minimum atomic E-state index is -0.627. The van der Waals surface area contributed by atoms with E-state index < -0.39 is 5.41 Å². The van der Waals surface area contributed by atoms with Crippen LogP contribution in [0, 0.1) is 18.3 Å². The lowest BCUT2D eigenvalue weighted by Gasteiger charge is -2.32. The number of carbonyl (C=O) groups is 3. The van der Waals surface area contributed by atoms with Gasteiger partial charge < -0.3 is 14.7 Å². The van der Waals surface area contributed by atoms with Gasteiger partial charge in [-0.3, -0.25) is 14.4 Å². The summed E-state index contributed by atoms with van der Waals surface area (Å²) in [5, 5.41) is 0. The second-order valence-corrected chi connectivity index (χ2v) is 8.69. The highest BCUT2D eigenvalue weighted by Gasteiger charge is 2.59. The average molecular weight is 383 g/mol. The van der Waals surface area contributed by atoms with Crippen LogP contribution in [-0.2, 0) is 20.8 Å². The Morgan fingerprint density at radius 3 is 2.39 bits per heavy atom. The lowest BCUT2D eigenvalue weighted by Crippen LogP contribution is -2.49. The van der Waals surface area contributed by atoms with Crippen LogP contribution in [0.4, 0.5) is 0 Å². The van der Waals surface area contributed by atoms with Gasteiger partial charge in [-0.1, -0.05) is 29.8 Å². The average Bonchev–Trinajstić information content (AvgIpc) is 3.35. The number of likely N-dealkylation sites (tertiary alicyclic amines) is 3. The highest BCUT2D eigenvalue weighted by molar-refractivity contribution is 5.88. The van der Waals surface area contributed by atoms with Crippen LogP contribution < -0.4 is 0 Å². The molecular weight excluding hydrogens is 354 g/mol. The van der Waals surface area contributed by atoms with Gasteiger partial charge in [0.1, 0.15) is 0 Å². The zero-order chi connectivity index (χ0) is 19.9. The van der Waals surface area contributed by atoms with Gasteiger partial charge in [-0.15, -0.1) is 0 Å². The van der Waals surface area contributed by atoms with Crippen molar-refractivity contribution >= 4 is 17.7 Å². The van der Waals surface area contributed by atoms with Crippen LogP contribution in [0.25, 0.3) is 0 Å². The molecule has 0 aliphatic carbocycles. The van der Waals surface area contributed by atoms with E-state index in [0.29, 0.717) is 32.6 Å². The van der Waals surface area contributed by atoms with Crippen LogP contribution in [0.1, 0.15) is 30.9 Å². The molecule has 0 aromatic heterocycles. The Balaban J connectivity index is 1.53. The Morgan fingerprint density at radius 2 is 1.71 bits per heavy atom. The molecule has 0 saturated carbocycles. The maximum Gasteiger partial charge on any atom is 0.232 e. The maximum atomic E-state index is 13.4. The second-order valence-electron chi connectivity index (χ2n) is 8.69. The Kier molecular flexibility index (Phi) is 4.89. The summed E-state index contributed by atoms with van der Waals surface area (Å²) in [5.41, 5.74) is 1.52. The monoisotopic (exact) mass is 383 g/mol. The zero-order valence-corrected chi connectivity index (χ0v) is 16.8. The molecule has 0 radical (unpaired) electrons. The fraction of sp³-hybridized carbons (Fsp3) is 0.591. The lowest BCUT2D eigenvalue weighted by molar-refractivity contribution is -0.142. The molecule has 1 aromatic carbocycles. The molecule has 3 saturated heterocycles. The van der Waals surface area contributed by atoms with E-state index in [4.69, 9.17) is 0 Å². The quantitative estimate of drug-likeness (QED) is 0.794. The number of benzene rings is 1. The standard InChI is InChI=1S/C22H29N3O3/c1-16-6-5-7-18(10-16)11-20(27)25-13-19-12-24(17(2)26)14-22(19,15-25)21(28)23-8-3-4-9-23/h5-7,10,19H,3-4,8-9,11-15H2,1-2H3/t19-,22-/m0/s1. The van der Waals surface area contributed by atoms with E-state index in [0.717, 1.165) is 37.1 Å². The molecule has 0 spiro atoms. The first kappa shape index (κ1) is 19.0. The van der Waals surface area contributed by atoms with Crippen molar-refractivity contribution < 1.29 is 14.4 Å². The zero-order valence-electron chi connectivity index (χ0n) is 16.8. The van der Waals surface area contributed by atoms with E-state index in [1.165, 1.54) is 0 Å². The summed E-state index contributed by atoms with van der Waals surface area (Å²) in [7, 11) is 0. The minimum Gasteiger partial charge on any atom is -0.342 e. The topological polar surface area (TPSA) is 60.9 Å². The van der Waals surface area contributed by atoms with E-state index in [9.17, 15) is 14.4 Å². The Morgan fingerprint density at radius 1 is 1.04 bits per heavy atom. The number of rotatable bonds is 3. The van der Waals surface area contributed by atoms with Crippen LogP contribution in [-0.4, -0.2) is 71.7 Å². The van der Waals surface area contributed by atoms with Crippen molar-refractivity contribution in [1.29, 1.82) is 0 Å². The number of fused-ring (bicyclic) bond motifs is 1. The molecule has 150 valence electrons. The number of hydrogen-bond donors (Lipinski definition) is 0. The van der Waals surface area contributed by atoms with Crippen molar-refractivity contribution in [1.82, 2.24) is 14.7 Å². The smallest absolute Gasteiger partial charge is 0.232 e. The third kappa shape index (κ3) is 3.29. The maximum absolute atomic E-state index is 13.4. The molecule has 3 heterocycles. The number of amides is 3. The van der Waals surface area contributed by atoms with Gasteiger partial charge in [0.25, 0.3) is 0 Å². The van der Waals surface area contributed by atoms with Gasteiger partial charge in [-0.05, 0) is 25.3 Å². The van der Waals surface area contributed by atoms with Crippen molar-refractivity contribution in [2.45, 2.75) is 33.1 Å². The molecule has 0 unspecified atom stereocenters. The van der Waals surface area contributed by atoms with Crippen molar-refractivity contribution in [2.75, 3.05) is 39.3 Å². The molecular formula is C22H29N3O3. The van der Waals surface area contributed by atoms with Gasteiger partial charge in [0.15, 0.2) is 0 Å². The number of hydrogen-bond acceptors (Lipinski definition) is 3. The summed E-state index contributed by atoms with van der Waals surface area (Å²) in [6, 6.07) is 8.01. The molecule has 2 atom stereocenters. The Labute approximate surface area is 166 Å². The van der Waals surface area contributed by atoms with Crippen molar-refractivity contribution in [3.05, 3.63) is 35.4 Å². The summed E-state index contributed by atoms with van der Waals surface area (Å²) in [4.78, 5) is 44.0. The summed E-state index contributed by atoms with van der Waals surface area (Å²) >= 11 is 0. The number of nitrogens with zero attached hydrogens (tertiary/aromatic N) is 3. The fourth-order valence-corrected chi connectivity index (χ4v) is 5.14. The molecule has 3 amide bonds. The molecule has 3 aliphatic heterocycles. The van der Waals surface area contributed by atoms with Gasteiger partial charge in [-0.25, -0.2) is 0 Å². The third-order valence-electron chi connectivity index (χ3n) is 6.66. The highest BCUT2D eigenvalue weighted by Crippen LogP contribution is 2.44. The van der Waals surface area contributed by atoms with Crippen molar-refractivity contribution in [3.63, 3.8) is 0 Å². The predicted octanol–water partition coefficient (Wildman–Crippen LogP) is 1.47. The van der Waals surface area contributed by atoms with E-state index in [1.807, 2.05) is 41.0 Å². The molecule has 0 N–H and O–H groups in total.